The summed E-state index contributed by atoms with van der Waals surface area (Å²) in [5, 5.41) is 0. The minimum Gasteiger partial charge on any atom is -0.402 e. The molecule has 0 aromatic heterocycles. The molecule has 2 aromatic carbocycles. The molecule has 2 atom stereocenters. The summed E-state index contributed by atoms with van der Waals surface area (Å²) in [5.41, 5.74) is 14.5. The Kier molecular flexibility index (Phi) is 5.71. The average molecular weight is 372 g/mol. The smallest absolute Gasteiger partial charge is 0.00865 e. The lowest BCUT2D eigenvalue weighted by molar-refractivity contribution is 0.193. The van der Waals surface area contributed by atoms with E-state index in [9.17, 15) is 0 Å². The maximum atomic E-state index is 6.14. The van der Waals surface area contributed by atoms with Crippen LogP contribution in [0, 0.1) is 17.8 Å². The van der Waals surface area contributed by atoms with Crippen LogP contribution in [-0.2, 0) is 6.42 Å². The first-order chi connectivity index (χ1) is 13.6. The molecule has 1 saturated carbocycles. The lowest BCUT2D eigenvalue weighted by atomic mass is 9.64. The first kappa shape index (κ1) is 19.1. The van der Waals surface area contributed by atoms with Gasteiger partial charge in [0.15, 0.2) is 0 Å². The molecule has 146 valence electrons. The van der Waals surface area contributed by atoms with E-state index in [1.807, 2.05) is 0 Å². The summed E-state index contributed by atoms with van der Waals surface area (Å²) in [5.74, 6) is 2.23. The van der Waals surface area contributed by atoms with Crippen LogP contribution in [0.4, 0.5) is 0 Å². The maximum absolute atomic E-state index is 6.14. The molecular formula is C27H33N. The predicted octanol–water partition coefficient (Wildman–Crippen LogP) is 6.90. The van der Waals surface area contributed by atoms with Gasteiger partial charge in [0.2, 0.25) is 0 Å². The number of allylic oxidation sites excluding steroid dienone is 4. The molecule has 2 unspecified atom stereocenters. The van der Waals surface area contributed by atoms with E-state index in [2.05, 4.69) is 74.5 Å². The fourth-order valence-corrected chi connectivity index (χ4v) is 4.94. The van der Waals surface area contributed by atoms with E-state index in [1.165, 1.54) is 54.4 Å². The van der Waals surface area contributed by atoms with Crippen molar-refractivity contribution in [2.24, 2.45) is 23.5 Å². The van der Waals surface area contributed by atoms with Crippen molar-refractivity contribution in [1.82, 2.24) is 0 Å². The number of rotatable bonds is 6. The topological polar surface area (TPSA) is 26.0 Å². The molecule has 0 heterocycles. The van der Waals surface area contributed by atoms with Gasteiger partial charge in [0.25, 0.3) is 0 Å². The van der Waals surface area contributed by atoms with E-state index in [0.29, 0.717) is 5.92 Å². The Labute approximate surface area is 170 Å². The minimum atomic E-state index is 0.584. The van der Waals surface area contributed by atoms with Gasteiger partial charge in [-0.1, -0.05) is 74.0 Å². The van der Waals surface area contributed by atoms with Crippen LogP contribution >= 0.6 is 0 Å². The highest BCUT2D eigenvalue weighted by molar-refractivity contribution is 5.63. The van der Waals surface area contributed by atoms with Crippen molar-refractivity contribution < 1.29 is 0 Å². The maximum Gasteiger partial charge on any atom is 0.00865 e. The van der Waals surface area contributed by atoms with Crippen molar-refractivity contribution in [1.29, 1.82) is 0 Å². The fraction of sp³-hybridized carbons (Fsp3) is 0.407. The zero-order chi connectivity index (χ0) is 19.5. The molecule has 0 saturated heterocycles. The van der Waals surface area contributed by atoms with Crippen LogP contribution < -0.4 is 5.73 Å². The Morgan fingerprint density at radius 2 is 1.61 bits per heavy atom. The zero-order valence-corrected chi connectivity index (χ0v) is 17.3. The van der Waals surface area contributed by atoms with Crippen LogP contribution in [0.1, 0.15) is 51.5 Å². The first-order valence-electron chi connectivity index (χ1n) is 10.9. The lowest BCUT2D eigenvalue weighted by Crippen LogP contribution is -2.30. The monoisotopic (exact) mass is 371 g/mol. The van der Waals surface area contributed by atoms with Crippen LogP contribution in [0.5, 0.6) is 0 Å². The first-order valence-corrected chi connectivity index (χ1v) is 10.9. The molecule has 2 N–H and O–H groups in total. The Morgan fingerprint density at radius 1 is 0.893 bits per heavy atom. The van der Waals surface area contributed by atoms with Crippen molar-refractivity contribution >= 4 is 0 Å². The second-order valence-electron chi connectivity index (χ2n) is 8.90. The summed E-state index contributed by atoms with van der Waals surface area (Å²) in [6.07, 6.45) is 9.78. The molecule has 0 amide bonds. The van der Waals surface area contributed by atoms with Gasteiger partial charge in [-0.05, 0) is 84.6 Å². The van der Waals surface area contributed by atoms with Gasteiger partial charge < -0.3 is 5.73 Å². The molecule has 1 fully saturated rings. The molecule has 1 heteroatoms. The molecule has 1 nitrogen and oxygen atoms in total. The SMILES string of the molecule is CC(C)C1=C(C2CCC2CCc2ccc(-c3ccccc3)cc2)CCC(N)=C1. The third kappa shape index (κ3) is 4.09. The van der Waals surface area contributed by atoms with Gasteiger partial charge in [-0.15, -0.1) is 0 Å². The van der Waals surface area contributed by atoms with E-state index in [4.69, 9.17) is 5.73 Å². The Balaban J connectivity index is 1.40. The molecule has 4 rings (SSSR count). The van der Waals surface area contributed by atoms with Gasteiger partial charge in [-0.3, -0.25) is 0 Å². The summed E-state index contributed by atoms with van der Waals surface area (Å²) in [4.78, 5) is 0. The number of benzene rings is 2. The summed E-state index contributed by atoms with van der Waals surface area (Å²) < 4.78 is 0. The molecule has 0 bridgehead atoms. The highest BCUT2D eigenvalue weighted by Crippen LogP contribution is 2.47. The Morgan fingerprint density at radius 3 is 2.25 bits per heavy atom. The van der Waals surface area contributed by atoms with Crippen LogP contribution in [0.2, 0.25) is 0 Å². The van der Waals surface area contributed by atoms with Crippen molar-refractivity contribution in [3.05, 3.63) is 83.1 Å². The molecular weight excluding hydrogens is 338 g/mol. The fourth-order valence-electron chi connectivity index (χ4n) is 4.94. The summed E-state index contributed by atoms with van der Waals surface area (Å²) in [6, 6.07) is 19.8. The van der Waals surface area contributed by atoms with Crippen molar-refractivity contribution in [2.75, 3.05) is 0 Å². The van der Waals surface area contributed by atoms with E-state index in [-0.39, 0.29) is 0 Å². The molecule has 28 heavy (non-hydrogen) atoms. The molecule has 0 radical (unpaired) electrons. The number of nitrogens with two attached hydrogens (primary N) is 1. The number of aryl methyl sites for hydroxylation is 1. The molecule has 0 aliphatic heterocycles. The van der Waals surface area contributed by atoms with E-state index >= 15 is 0 Å². The normalized spacial score (nSPS) is 22.2. The van der Waals surface area contributed by atoms with Gasteiger partial charge in [0.05, 0.1) is 0 Å². The second kappa shape index (κ2) is 8.39. The van der Waals surface area contributed by atoms with Crippen LogP contribution in [0.3, 0.4) is 0 Å². The van der Waals surface area contributed by atoms with Crippen molar-refractivity contribution in [3.8, 4) is 11.1 Å². The van der Waals surface area contributed by atoms with Gasteiger partial charge >= 0.3 is 0 Å². The van der Waals surface area contributed by atoms with Gasteiger partial charge in [-0.2, -0.15) is 0 Å². The molecule has 2 aliphatic carbocycles. The second-order valence-corrected chi connectivity index (χ2v) is 8.90. The molecule has 2 aliphatic rings. The van der Waals surface area contributed by atoms with Crippen molar-refractivity contribution in [3.63, 3.8) is 0 Å². The Hall–Kier alpha value is -2.28. The standard InChI is InChI=1S/C27H33N/c1-19(2)27-18-24(28)15-17-26(27)25-16-14-23(25)13-10-20-8-11-22(12-9-20)21-6-4-3-5-7-21/h3-9,11-12,18-19,23,25H,10,13-17,28H2,1-2H3. The predicted molar refractivity (Wildman–Crippen MR) is 120 cm³/mol. The summed E-state index contributed by atoms with van der Waals surface area (Å²) in [7, 11) is 0. The van der Waals surface area contributed by atoms with E-state index < -0.39 is 0 Å². The summed E-state index contributed by atoms with van der Waals surface area (Å²) in [6.45, 7) is 4.62. The van der Waals surface area contributed by atoms with E-state index in [1.54, 1.807) is 5.57 Å². The highest BCUT2D eigenvalue weighted by Gasteiger charge is 2.35. The molecule has 2 aromatic rings. The molecule has 0 spiro atoms. The summed E-state index contributed by atoms with van der Waals surface area (Å²) >= 11 is 0. The van der Waals surface area contributed by atoms with E-state index in [0.717, 1.165) is 24.0 Å². The highest BCUT2D eigenvalue weighted by atomic mass is 14.6. The van der Waals surface area contributed by atoms with Crippen LogP contribution in [0.25, 0.3) is 11.1 Å². The van der Waals surface area contributed by atoms with Crippen molar-refractivity contribution in [2.45, 2.75) is 52.4 Å². The van der Waals surface area contributed by atoms with Gasteiger partial charge in [0.1, 0.15) is 0 Å². The van der Waals surface area contributed by atoms with Crippen LogP contribution in [-0.4, -0.2) is 0 Å². The third-order valence-electron chi connectivity index (χ3n) is 6.75. The largest absolute Gasteiger partial charge is 0.402 e. The van der Waals surface area contributed by atoms with Gasteiger partial charge in [-0.25, -0.2) is 0 Å². The third-order valence-corrected chi connectivity index (χ3v) is 6.75. The number of hydrogen-bond acceptors (Lipinski definition) is 1. The number of hydrogen-bond donors (Lipinski definition) is 1. The average Bonchev–Trinajstić information content (AvgIpc) is 2.69. The quantitative estimate of drug-likeness (QED) is 0.587. The lowest BCUT2D eigenvalue weighted by Gasteiger charge is -2.41. The van der Waals surface area contributed by atoms with Gasteiger partial charge in [0, 0.05) is 5.70 Å². The Bertz CT molecular complexity index is 855. The zero-order valence-electron chi connectivity index (χ0n) is 17.3. The van der Waals surface area contributed by atoms with Crippen LogP contribution in [0.15, 0.2) is 77.5 Å². The minimum absolute atomic E-state index is 0.584.